The van der Waals surface area contributed by atoms with Crippen LogP contribution in [0.25, 0.3) is 22.3 Å². The van der Waals surface area contributed by atoms with Gasteiger partial charge in [0.05, 0.1) is 0 Å². The molecule has 30 heavy (non-hydrogen) atoms. The van der Waals surface area contributed by atoms with Crippen molar-refractivity contribution in [2.75, 3.05) is 0 Å². The summed E-state index contributed by atoms with van der Waals surface area (Å²) < 4.78 is 1.11. The fourth-order valence-corrected chi connectivity index (χ4v) is 4.29. The molecule has 0 bridgehead atoms. The molecule has 4 rings (SSSR count). The number of hydrogen-bond acceptors (Lipinski definition) is 0. The molecule has 0 nitrogen and oxygen atoms in total. The van der Waals surface area contributed by atoms with Crippen LogP contribution in [0.4, 0.5) is 0 Å². The molecule has 0 saturated heterocycles. The number of rotatable bonds is 5. The molecule has 150 valence electrons. The highest BCUT2D eigenvalue weighted by Crippen LogP contribution is 2.37. The lowest BCUT2D eigenvalue weighted by molar-refractivity contribution is 0.550. The fourth-order valence-electron chi connectivity index (χ4n) is 4.02. The standard InChI is InChI=1S/C29H27Br/c1-4-29(3,26-15-9-23(10-16-26)22-7-5-21(2)6-8-22)27-17-11-24(12-18-27)25-13-19-28(30)20-14-25/h5-20H,4H2,1-3H3. The van der Waals surface area contributed by atoms with Crippen LogP contribution in [-0.4, -0.2) is 0 Å². The van der Waals surface area contributed by atoms with E-state index in [-0.39, 0.29) is 5.41 Å². The Labute approximate surface area is 188 Å². The van der Waals surface area contributed by atoms with Crippen molar-refractivity contribution in [2.45, 2.75) is 32.6 Å². The minimum atomic E-state index is -0.00987. The Morgan fingerprint density at radius 1 is 0.567 bits per heavy atom. The number of hydrogen-bond donors (Lipinski definition) is 0. The zero-order valence-corrected chi connectivity index (χ0v) is 19.4. The second-order valence-electron chi connectivity index (χ2n) is 8.21. The third-order valence-electron chi connectivity index (χ3n) is 6.31. The predicted molar refractivity (Wildman–Crippen MR) is 133 cm³/mol. The second kappa shape index (κ2) is 8.62. The van der Waals surface area contributed by atoms with Crippen LogP contribution in [0.15, 0.2) is 102 Å². The Morgan fingerprint density at radius 2 is 0.900 bits per heavy atom. The molecule has 1 heteroatoms. The van der Waals surface area contributed by atoms with E-state index in [9.17, 15) is 0 Å². The van der Waals surface area contributed by atoms with E-state index in [1.54, 1.807) is 0 Å². The molecule has 0 heterocycles. The fraction of sp³-hybridized carbons (Fsp3) is 0.172. The van der Waals surface area contributed by atoms with Crippen molar-refractivity contribution < 1.29 is 0 Å². The largest absolute Gasteiger partial charge is 0.0642 e. The van der Waals surface area contributed by atoms with Gasteiger partial charge in [0, 0.05) is 9.89 Å². The molecule has 0 aliphatic rings. The lowest BCUT2D eigenvalue weighted by atomic mass is 9.74. The molecule has 0 N–H and O–H groups in total. The molecule has 0 saturated carbocycles. The Hall–Kier alpha value is -2.64. The van der Waals surface area contributed by atoms with Gasteiger partial charge in [0.2, 0.25) is 0 Å². The normalized spacial score (nSPS) is 13.1. The monoisotopic (exact) mass is 454 g/mol. The molecule has 4 aromatic carbocycles. The Kier molecular flexibility index (Phi) is 5.92. The Bertz CT molecular complexity index is 1010. The SMILES string of the molecule is CCC(C)(c1ccc(-c2ccc(C)cc2)cc1)c1ccc(-c2ccc(Br)cc2)cc1. The van der Waals surface area contributed by atoms with Crippen LogP contribution in [0.1, 0.15) is 37.0 Å². The minimum Gasteiger partial charge on any atom is -0.0642 e. The first-order chi connectivity index (χ1) is 14.5. The van der Waals surface area contributed by atoms with Crippen LogP contribution in [0.2, 0.25) is 0 Å². The van der Waals surface area contributed by atoms with Crippen LogP contribution >= 0.6 is 15.9 Å². The third-order valence-corrected chi connectivity index (χ3v) is 6.84. The minimum absolute atomic E-state index is 0.00987. The van der Waals surface area contributed by atoms with Gasteiger partial charge in [-0.1, -0.05) is 120 Å². The predicted octanol–water partition coefficient (Wildman–Crippen LogP) is 8.81. The summed E-state index contributed by atoms with van der Waals surface area (Å²) in [5.41, 5.74) is 9.02. The number of aryl methyl sites for hydroxylation is 1. The first-order valence-electron chi connectivity index (χ1n) is 10.5. The topological polar surface area (TPSA) is 0 Å². The molecule has 0 radical (unpaired) electrons. The molecule has 0 fully saturated rings. The summed E-state index contributed by atoms with van der Waals surface area (Å²) in [6, 6.07) is 35.4. The van der Waals surface area contributed by atoms with Gasteiger partial charge in [-0.15, -0.1) is 0 Å². The number of halogens is 1. The van der Waals surface area contributed by atoms with Crippen LogP contribution in [0.5, 0.6) is 0 Å². The highest BCUT2D eigenvalue weighted by Gasteiger charge is 2.26. The van der Waals surface area contributed by atoms with Gasteiger partial charge in [-0.3, -0.25) is 0 Å². The molecule has 0 aliphatic carbocycles. The summed E-state index contributed by atoms with van der Waals surface area (Å²) in [6.45, 7) is 6.75. The van der Waals surface area contributed by atoms with Crippen molar-refractivity contribution in [2.24, 2.45) is 0 Å². The van der Waals surface area contributed by atoms with Gasteiger partial charge in [0.1, 0.15) is 0 Å². The van der Waals surface area contributed by atoms with E-state index < -0.39 is 0 Å². The third kappa shape index (κ3) is 4.13. The maximum Gasteiger partial charge on any atom is 0.0175 e. The molecule has 0 aromatic heterocycles. The molecular weight excluding hydrogens is 428 g/mol. The first-order valence-corrected chi connectivity index (χ1v) is 11.3. The van der Waals surface area contributed by atoms with Gasteiger partial charge in [0.25, 0.3) is 0 Å². The summed E-state index contributed by atoms with van der Waals surface area (Å²) in [4.78, 5) is 0. The van der Waals surface area contributed by atoms with Crippen LogP contribution < -0.4 is 0 Å². The van der Waals surface area contributed by atoms with Crippen molar-refractivity contribution in [3.05, 3.63) is 118 Å². The maximum absolute atomic E-state index is 3.51. The van der Waals surface area contributed by atoms with E-state index in [1.807, 2.05) is 0 Å². The number of benzene rings is 4. The van der Waals surface area contributed by atoms with E-state index >= 15 is 0 Å². The van der Waals surface area contributed by atoms with Gasteiger partial charge in [0.15, 0.2) is 0 Å². The lowest BCUT2D eigenvalue weighted by Gasteiger charge is -2.30. The van der Waals surface area contributed by atoms with Crippen molar-refractivity contribution in [3.8, 4) is 22.3 Å². The van der Waals surface area contributed by atoms with E-state index in [2.05, 4.69) is 134 Å². The van der Waals surface area contributed by atoms with E-state index in [4.69, 9.17) is 0 Å². The quantitative estimate of drug-likeness (QED) is 0.282. The van der Waals surface area contributed by atoms with Gasteiger partial charge in [-0.2, -0.15) is 0 Å². The molecule has 0 aliphatic heterocycles. The van der Waals surface area contributed by atoms with E-state index in [1.165, 1.54) is 38.9 Å². The van der Waals surface area contributed by atoms with Gasteiger partial charge in [-0.25, -0.2) is 0 Å². The van der Waals surface area contributed by atoms with Crippen LogP contribution in [-0.2, 0) is 5.41 Å². The molecule has 1 atom stereocenters. The maximum atomic E-state index is 3.51. The summed E-state index contributed by atoms with van der Waals surface area (Å²) in [5.74, 6) is 0. The molecule has 0 spiro atoms. The van der Waals surface area contributed by atoms with Gasteiger partial charge in [-0.05, 0) is 58.9 Å². The summed E-state index contributed by atoms with van der Waals surface area (Å²) >= 11 is 3.51. The average Bonchev–Trinajstić information content (AvgIpc) is 2.80. The summed E-state index contributed by atoms with van der Waals surface area (Å²) in [5, 5.41) is 0. The van der Waals surface area contributed by atoms with Crippen LogP contribution in [0.3, 0.4) is 0 Å². The smallest absolute Gasteiger partial charge is 0.0175 e. The van der Waals surface area contributed by atoms with E-state index in [0.29, 0.717) is 0 Å². The first kappa shape index (κ1) is 20.6. The van der Waals surface area contributed by atoms with Crippen molar-refractivity contribution >= 4 is 15.9 Å². The molecule has 4 aromatic rings. The molecule has 1 unspecified atom stereocenters. The zero-order chi connectivity index (χ0) is 21.1. The average molecular weight is 455 g/mol. The second-order valence-corrected chi connectivity index (χ2v) is 9.13. The molecule has 0 amide bonds. The zero-order valence-electron chi connectivity index (χ0n) is 17.8. The Morgan fingerprint density at radius 3 is 1.27 bits per heavy atom. The van der Waals surface area contributed by atoms with Gasteiger partial charge >= 0.3 is 0 Å². The molecular formula is C29H27Br. The highest BCUT2D eigenvalue weighted by atomic mass is 79.9. The Balaban J connectivity index is 1.62. The summed E-state index contributed by atoms with van der Waals surface area (Å²) in [6.07, 6.45) is 1.05. The summed E-state index contributed by atoms with van der Waals surface area (Å²) in [7, 11) is 0. The van der Waals surface area contributed by atoms with Crippen molar-refractivity contribution in [1.82, 2.24) is 0 Å². The van der Waals surface area contributed by atoms with Crippen molar-refractivity contribution in [1.29, 1.82) is 0 Å². The lowest BCUT2D eigenvalue weighted by Crippen LogP contribution is -2.22. The highest BCUT2D eigenvalue weighted by molar-refractivity contribution is 9.10. The van der Waals surface area contributed by atoms with Crippen LogP contribution in [0, 0.1) is 6.92 Å². The van der Waals surface area contributed by atoms with Gasteiger partial charge < -0.3 is 0 Å². The van der Waals surface area contributed by atoms with Crippen molar-refractivity contribution in [3.63, 3.8) is 0 Å². The van der Waals surface area contributed by atoms with E-state index in [0.717, 1.165) is 10.9 Å².